The summed E-state index contributed by atoms with van der Waals surface area (Å²) in [4.78, 5) is 18.2. The molecule has 6 nitrogen and oxygen atoms in total. The molecular weight excluding hydrogens is 348 g/mol. The van der Waals surface area contributed by atoms with Gasteiger partial charge in [-0.1, -0.05) is 13.0 Å². The summed E-state index contributed by atoms with van der Waals surface area (Å²) in [6, 6.07) is 7.41. The monoisotopic (exact) mass is 378 g/mol. The number of carbonyl (C=O) groups is 1. The maximum Gasteiger partial charge on any atom is 0.221 e. The Morgan fingerprint density at radius 3 is 3.00 bits per heavy atom. The molecule has 2 N–H and O–H groups in total. The molecule has 0 aliphatic carbocycles. The number of hydrogen-bond donors (Lipinski definition) is 2. The number of anilines is 1. The average Bonchev–Trinajstić information content (AvgIpc) is 2.64. The average molecular weight is 379 g/mol. The molecule has 0 bridgehead atoms. The summed E-state index contributed by atoms with van der Waals surface area (Å²) in [5.41, 5.74) is 0.739. The quantitative estimate of drug-likeness (QED) is 0.434. The summed E-state index contributed by atoms with van der Waals surface area (Å²) in [6.45, 7) is 9.86. The molecule has 0 radical (unpaired) electrons. The molecule has 2 rings (SSSR count). The second kappa shape index (κ2) is 11.0. The van der Waals surface area contributed by atoms with Gasteiger partial charge >= 0.3 is 0 Å². The van der Waals surface area contributed by atoms with Crippen molar-refractivity contribution in [3.8, 4) is 5.75 Å². The number of carbonyl (C=O) groups excluding carboxylic acids is 1. The first-order chi connectivity index (χ1) is 12.6. The van der Waals surface area contributed by atoms with Crippen LogP contribution in [0.2, 0.25) is 0 Å². The second-order valence-electron chi connectivity index (χ2n) is 6.14. The van der Waals surface area contributed by atoms with Crippen LogP contribution in [0.15, 0.2) is 29.3 Å². The molecule has 26 heavy (non-hydrogen) atoms. The first kappa shape index (κ1) is 20.4. The number of hydrogen-bond acceptors (Lipinski definition) is 4. The highest BCUT2D eigenvalue weighted by atomic mass is 32.2. The number of aliphatic imine (C=N–C) groups is 1. The van der Waals surface area contributed by atoms with E-state index in [1.54, 1.807) is 0 Å². The Kier molecular flexibility index (Phi) is 8.61. The normalized spacial score (nSPS) is 17.7. The van der Waals surface area contributed by atoms with E-state index in [4.69, 9.17) is 9.73 Å². The number of ether oxygens (including phenoxy) is 1. The van der Waals surface area contributed by atoms with Crippen molar-refractivity contribution in [3.63, 3.8) is 0 Å². The zero-order chi connectivity index (χ0) is 18.8. The van der Waals surface area contributed by atoms with Gasteiger partial charge in [0.05, 0.1) is 6.54 Å². The van der Waals surface area contributed by atoms with Gasteiger partial charge in [-0.2, -0.15) is 11.8 Å². The van der Waals surface area contributed by atoms with E-state index in [-0.39, 0.29) is 5.91 Å². The Bertz CT molecular complexity index is 609. The van der Waals surface area contributed by atoms with Crippen LogP contribution in [-0.4, -0.2) is 60.6 Å². The van der Waals surface area contributed by atoms with Gasteiger partial charge in [0.1, 0.15) is 12.4 Å². The fourth-order valence-electron chi connectivity index (χ4n) is 2.77. The Morgan fingerprint density at radius 2 is 2.27 bits per heavy atom. The van der Waals surface area contributed by atoms with Crippen LogP contribution in [-0.2, 0) is 4.79 Å². The van der Waals surface area contributed by atoms with E-state index >= 15 is 0 Å². The number of thioether (sulfide) groups is 1. The summed E-state index contributed by atoms with van der Waals surface area (Å²) in [5, 5.41) is 6.83. The first-order valence-electron chi connectivity index (χ1n) is 9.27. The van der Waals surface area contributed by atoms with Gasteiger partial charge in [0.2, 0.25) is 5.91 Å². The fourth-order valence-corrected chi connectivity index (χ4v) is 3.95. The van der Waals surface area contributed by atoms with Crippen LogP contribution in [0.1, 0.15) is 27.2 Å². The molecule has 1 aromatic carbocycles. The van der Waals surface area contributed by atoms with Gasteiger partial charge in [-0.3, -0.25) is 4.79 Å². The van der Waals surface area contributed by atoms with E-state index in [0.29, 0.717) is 18.4 Å². The van der Waals surface area contributed by atoms with Crippen molar-refractivity contribution in [1.82, 2.24) is 10.2 Å². The first-order valence-corrected chi connectivity index (χ1v) is 10.3. The van der Waals surface area contributed by atoms with Crippen LogP contribution in [0.5, 0.6) is 5.75 Å². The van der Waals surface area contributed by atoms with Crippen LogP contribution in [0.4, 0.5) is 5.69 Å². The molecule has 144 valence electrons. The minimum Gasteiger partial charge on any atom is -0.492 e. The number of rotatable bonds is 7. The van der Waals surface area contributed by atoms with Crippen molar-refractivity contribution in [2.45, 2.75) is 32.4 Å². The van der Waals surface area contributed by atoms with Crippen LogP contribution in [0.25, 0.3) is 0 Å². The standard InChI is InChI=1S/C19H30N4O2S/c1-4-18-14-23(10-12-26-18)19(20-5-2)21-9-11-25-17-8-6-7-16(13-17)22-15(3)24/h6-8,13,18H,4-5,9-12,14H2,1-3H3,(H,20,21)(H,22,24). The minimum atomic E-state index is -0.0906. The molecule has 1 aromatic rings. The molecule has 1 saturated heterocycles. The lowest BCUT2D eigenvalue weighted by atomic mass is 10.3. The number of guanidine groups is 1. The molecule has 0 aromatic heterocycles. The lowest BCUT2D eigenvalue weighted by Crippen LogP contribution is -2.48. The molecule has 1 heterocycles. The highest BCUT2D eigenvalue weighted by Gasteiger charge is 2.21. The number of nitrogens with one attached hydrogen (secondary N) is 2. The molecule has 0 saturated carbocycles. The molecule has 1 unspecified atom stereocenters. The van der Waals surface area contributed by atoms with E-state index in [2.05, 4.69) is 41.1 Å². The molecule has 1 amide bonds. The summed E-state index contributed by atoms with van der Waals surface area (Å²) in [6.07, 6.45) is 1.19. The third-order valence-corrected chi connectivity index (χ3v) is 5.38. The lowest BCUT2D eigenvalue weighted by Gasteiger charge is -2.34. The summed E-state index contributed by atoms with van der Waals surface area (Å²) in [7, 11) is 0. The van der Waals surface area contributed by atoms with Crippen molar-refractivity contribution < 1.29 is 9.53 Å². The van der Waals surface area contributed by atoms with Crippen LogP contribution in [0.3, 0.4) is 0 Å². The topological polar surface area (TPSA) is 66.0 Å². The molecule has 7 heteroatoms. The van der Waals surface area contributed by atoms with Crippen LogP contribution >= 0.6 is 11.8 Å². The van der Waals surface area contributed by atoms with Gasteiger partial charge in [-0.25, -0.2) is 4.99 Å². The second-order valence-corrected chi connectivity index (χ2v) is 7.55. The van der Waals surface area contributed by atoms with Gasteiger partial charge in [-0.05, 0) is 25.5 Å². The van der Waals surface area contributed by atoms with Gasteiger partial charge in [0.25, 0.3) is 0 Å². The van der Waals surface area contributed by atoms with Gasteiger partial charge in [0, 0.05) is 49.3 Å². The van der Waals surface area contributed by atoms with Crippen molar-refractivity contribution >= 4 is 29.3 Å². The van der Waals surface area contributed by atoms with Gasteiger partial charge in [-0.15, -0.1) is 0 Å². The maximum absolute atomic E-state index is 11.1. The molecule has 0 spiro atoms. The fraction of sp³-hybridized carbons (Fsp3) is 0.579. The van der Waals surface area contributed by atoms with E-state index in [1.807, 2.05) is 24.3 Å². The zero-order valence-electron chi connectivity index (χ0n) is 16.0. The predicted molar refractivity (Wildman–Crippen MR) is 110 cm³/mol. The number of amides is 1. The van der Waals surface area contributed by atoms with E-state index in [0.717, 1.165) is 42.8 Å². The Labute approximate surface area is 160 Å². The van der Waals surface area contributed by atoms with Gasteiger partial charge in [0.15, 0.2) is 5.96 Å². The third kappa shape index (κ3) is 6.78. The Balaban J connectivity index is 1.87. The third-order valence-electron chi connectivity index (χ3n) is 4.00. The lowest BCUT2D eigenvalue weighted by molar-refractivity contribution is -0.114. The predicted octanol–water partition coefficient (Wildman–Crippen LogP) is 2.82. The molecule has 1 fully saturated rings. The summed E-state index contributed by atoms with van der Waals surface area (Å²) < 4.78 is 5.78. The van der Waals surface area contributed by atoms with E-state index in [1.165, 1.54) is 13.3 Å². The molecular formula is C19H30N4O2S. The van der Waals surface area contributed by atoms with Crippen molar-refractivity contribution in [3.05, 3.63) is 24.3 Å². The molecule has 1 aliphatic heterocycles. The molecule has 1 atom stereocenters. The van der Waals surface area contributed by atoms with Crippen LogP contribution in [0, 0.1) is 0 Å². The highest BCUT2D eigenvalue weighted by Crippen LogP contribution is 2.21. The smallest absolute Gasteiger partial charge is 0.221 e. The zero-order valence-corrected chi connectivity index (χ0v) is 16.8. The van der Waals surface area contributed by atoms with Crippen molar-refractivity contribution in [1.29, 1.82) is 0 Å². The SMILES string of the molecule is CCNC(=NCCOc1cccc(NC(C)=O)c1)N1CCSC(CC)C1. The van der Waals surface area contributed by atoms with Crippen molar-refractivity contribution in [2.75, 3.05) is 43.9 Å². The molecule has 1 aliphatic rings. The Morgan fingerprint density at radius 1 is 1.42 bits per heavy atom. The largest absolute Gasteiger partial charge is 0.492 e. The van der Waals surface area contributed by atoms with Gasteiger partial charge < -0.3 is 20.3 Å². The summed E-state index contributed by atoms with van der Waals surface area (Å²) >= 11 is 2.05. The van der Waals surface area contributed by atoms with E-state index in [9.17, 15) is 4.79 Å². The van der Waals surface area contributed by atoms with E-state index < -0.39 is 0 Å². The highest BCUT2D eigenvalue weighted by molar-refractivity contribution is 8.00. The summed E-state index contributed by atoms with van der Waals surface area (Å²) in [5.74, 6) is 2.76. The minimum absolute atomic E-state index is 0.0906. The van der Waals surface area contributed by atoms with Crippen molar-refractivity contribution in [2.24, 2.45) is 4.99 Å². The number of benzene rings is 1. The number of nitrogens with zero attached hydrogens (tertiary/aromatic N) is 2. The van der Waals surface area contributed by atoms with Crippen LogP contribution < -0.4 is 15.4 Å². The maximum atomic E-state index is 11.1. The Hall–Kier alpha value is -1.89.